The minimum Gasteiger partial charge on any atom is -0.457 e. The van der Waals surface area contributed by atoms with E-state index in [4.69, 9.17) is 4.74 Å². The van der Waals surface area contributed by atoms with Crippen molar-refractivity contribution in [3.63, 3.8) is 0 Å². The van der Waals surface area contributed by atoms with Crippen molar-refractivity contribution in [1.29, 1.82) is 0 Å². The molecule has 1 heteroatoms. The normalized spacial score (nSPS) is 8.45. The maximum Gasteiger partial charge on any atom is 0.127 e. The minimum atomic E-state index is 0.698. The van der Waals surface area contributed by atoms with E-state index in [0.29, 0.717) is 5.76 Å². The van der Waals surface area contributed by atoms with Crippen LogP contribution in [0.2, 0.25) is 0 Å². The summed E-state index contributed by atoms with van der Waals surface area (Å²) in [6.07, 6.45) is 5.10. The van der Waals surface area contributed by atoms with Crippen molar-refractivity contribution in [2.24, 2.45) is 0 Å². The van der Waals surface area contributed by atoms with Crippen molar-refractivity contribution in [2.75, 3.05) is 0 Å². The Bertz CT molecular complexity index is 345. The molecular formula is C19H32O. The van der Waals surface area contributed by atoms with Crippen molar-refractivity contribution >= 4 is 0 Å². The summed E-state index contributed by atoms with van der Waals surface area (Å²) in [5, 5.41) is 0. The van der Waals surface area contributed by atoms with E-state index in [1.165, 1.54) is 5.56 Å². The highest BCUT2D eigenvalue weighted by Gasteiger charge is 1.94. The molecule has 0 bridgehead atoms. The van der Waals surface area contributed by atoms with E-state index in [0.717, 1.165) is 5.75 Å². The van der Waals surface area contributed by atoms with Crippen LogP contribution in [0.25, 0.3) is 0 Å². The zero-order valence-electron chi connectivity index (χ0n) is 14.4. The van der Waals surface area contributed by atoms with Crippen LogP contribution in [0, 0.1) is 6.92 Å². The van der Waals surface area contributed by atoms with Crippen LogP contribution in [0.4, 0.5) is 0 Å². The molecule has 1 nitrogen and oxygen atoms in total. The van der Waals surface area contributed by atoms with Gasteiger partial charge >= 0.3 is 0 Å². The van der Waals surface area contributed by atoms with Gasteiger partial charge in [0.25, 0.3) is 0 Å². The molecule has 0 heterocycles. The summed E-state index contributed by atoms with van der Waals surface area (Å²) in [7, 11) is 0. The van der Waals surface area contributed by atoms with Gasteiger partial charge in [-0.1, -0.05) is 78.5 Å². The lowest BCUT2D eigenvalue weighted by Crippen LogP contribution is -1.90. The summed E-state index contributed by atoms with van der Waals surface area (Å²) in [6, 6.07) is 7.86. The molecule has 1 rings (SSSR count). The van der Waals surface area contributed by atoms with Gasteiger partial charge in [0, 0.05) is 0 Å². The molecular weight excluding hydrogens is 244 g/mol. The molecule has 0 spiro atoms. The smallest absolute Gasteiger partial charge is 0.127 e. The molecule has 0 aliphatic carbocycles. The van der Waals surface area contributed by atoms with Crippen molar-refractivity contribution in [3.05, 3.63) is 67.0 Å². The van der Waals surface area contributed by atoms with E-state index in [-0.39, 0.29) is 0 Å². The van der Waals surface area contributed by atoms with Gasteiger partial charge in [-0.2, -0.15) is 0 Å². The third kappa shape index (κ3) is 12.7. The second kappa shape index (κ2) is 19.6. The topological polar surface area (TPSA) is 9.23 Å². The molecule has 0 aromatic heterocycles. The SMILES string of the molecule is C=C/C=C(\C=C)Oc1ccc(C)cc1.CC.CC.CC. The van der Waals surface area contributed by atoms with Gasteiger partial charge in [-0.25, -0.2) is 0 Å². The third-order valence-electron chi connectivity index (χ3n) is 1.74. The molecule has 0 N–H and O–H groups in total. The molecule has 0 aliphatic heterocycles. The molecule has 1 aromatic rings. The van der Waals surface area contributed by atoms with Gasteiger partial charge in [0.2, 0.25) is 0 Å². The first-order chi connectivity index (χ1) is 9.76. The number of hydrogen-bond donors (Lipinski definition) is 0. The molecule has 0 saturated carbocycles. The van der Waals surface area contributed by atoms with Crippen molar-refractivity contribution in [1.82, 2.24) is 0 Å². The molecule has 114 valence electrons. The van der Waals surface area contributed by atoms with Gasteiger partial charge in [0.05, 0.1) is 0 Å². The Morgan fingerprint density at radius 1 is 0.900 bits per heavy atom. The maximum atomic E-state index is 5.53. The van der Waals surface area contributed by atoms with Gasteiger partial charge in [-0.15, -0.1) is 0 Å². The number of hydrogen-bond acceptors (Lipinski definition) is 1. The Morgan fingerprint density at radius 3 is 1.70 bits per heavy atom. The van der Waals surface area contributed by atoms with Gasteiger partial charge < -0.3 is 4.74 Å². The maximum absolute atomic E-state index is 5.53. The first-order valence-electron chi connectivity index (χ1n) is 7.46. The summed E-state index contributed by atoms with van der Waals surface area (Å²) < 4.78 is 5.53. The zero-order valence-corrected chi connectivity index (χ0v) is 14.4. The Hall–Kier alpha value is -1.76. The minimum absolute atomic E-state index is 0.698. The summed E-state index contributed by atoms with van der Waals surface area (Å²) >= 11 is 0. The van der Waals surface area contributed by atoms with Crippen LogP contribution in [-0.4, -0.2) is 0 Å². The van der Waals surface area contributed by atoms with Crippen LogP contribution >= 0.6 is 0 Å². The second-order valence-electron chi connectivity index (χ2n) is 2.92. The van der Waals surface area contributed by atoms with Gasteiger partial charge in [0.15, 0.2) is 0 Å². The third-order valence-corrected chi connectivity index (χ3v) is 1.74. The number of aryl methyl sites for hydroxylation is 1. The van der Waals surface area contributed by atoms with Crippen LogP contribution in [0.1, 0.15) is 47.1 Å². The fourth-order valence-electron chi connectivity index (χ4n) is 1.00. The highest BCUT2D eigenvalue weighted by molar-refractivity contribution is 5.30. The Morgan fingerprint density at radius 2 is 1.35 bits per heavy atom. The fraction of sp³-hybridized carbons (Fsp3) is 0.368. The van der Waals surface area contributed by atoms with E-state index < -0.39 is 0 Å². The van der Waals surface area contributed by atoms with E-state index in [9.17, 15) is 0 Å². The van der Waals surface area contributed by atoms with Crippen LogP contribution in [0.3, 0.4) is 0 Å². The van der Waals surface area contributed by atoms with Crippen molar-refractivity contribution in [2.45, 2.75) is 48.5 Å². The second-order valence-corrected chi connectivity index (χ2v) is 2.92. The van der Waals surface area contributed by atoms with Crippen LogP contribution < -0.4 is 4.74 Å². The van der Waals surface area contributed by atoms with E-state index in [2.05, 4.69) is 13.2 Å². The molecule has 0 atom stereocenters. The molecule has 0 fully saturated rings. The summed E-state index contributed by atoms with van der Waals surface area (Å²) in [5.74, 6) is 1.51. The Balaban J connectivity index is -0.000000425. The molecule has 0 saturated heterocycles. The van der Waals surface area contributed by atoms with Crippen molar-refractivity contribution < 1.29 is 4.74 Å². The van der Waals surface area contributed by atoms with E-state index in [1.807, 2.05) is 72.7 Å². The Kier molecular flexibility index (Phi) is 22.8. The number of benzene rings is 1. The van der Waals surface area contributed by atoms with Crippen LogP contribution in [0.5, 0.6) is 5.75 Å². The van der Waals surface area contributed by atoms with Gasteiger partial charge in [0.1, 0.15) is 11.5 Å². The Labute approximate surface area is 126 Å². The first-order valence-corrected chi connectivity index (χ1v) is 7.46. The largest absolute Gasteiger partial charge is 0.457 e. The molecule has 0 radical (unpaired) electrons. The van der Waals surface area contributed by atoms with Crippen molar-refractivity contribution in [3.8, 4) is 5.75 Å². The average molecular weight is 276 g/mol. The summed E-state index contributed by atoms with van der Waals surface area (Å²) in [5.41, 5.74) is 1.21. The molecule has 0 amide bonds. The van der Waals surface area contributed by atoms with E-state index in [1.54, 1.807) is 18.2 Å². The predicted molar refractivity (Wildman–Crippen MR) is 94.3 cm³/mol. The average Bonchev–Trinajstić information content (AvgIpc) is 2.55. The summed E-state index contributed by atoms with van der Waals surface area (Å²) in [4.78, 5) is 0. The van der Waals surface area contributed by atoms with Crippen LogP contribution in [-0.2, 0) is 0 Å². The molecule has 0 aliphatic rings. The zero-order chi connectivity index (χ0) is 16.4. The lowest BCUT2D eigenvalue weighted by atomic mass is 10.2. The molecule has 1 aromatic carbocycles. The monoisotopic (exact) mass is 276 g/mol. The highest BCUT2D eigenvalue weighted by atomic mass is 16.5. The first kappa shape index (κ1) is 23.3. The van der Waals surface area contributed by atoms with Gasteiger partial charge in [-0.3, -0.25) is 0 Å². The van der Waals surface area contributed by atoms with Gasteiger partial charge in [-0.05, 0) is 31.2 Å². The number of allylic oxidation sites excluding steroid dienone is 3. The quantitative estimate of drug-likeness (QED) is 0.438. The predicted octanol–water partition coefficient (Wildman–Crippen LogP) is 6.71. The highest BCUT2D eigenvalue weighted by Crippen LogP contribution is 2.15. The molecule has 20 heavy (non-hydrogen) atoms. The number of rotatable bonds is 4. The molecule has 0 unspecified atom stereocenters. The van der Waals surface area contributed by atoms with Crippen LogP contribution in [0.15, 0.2) is 61.4 Å². The lowest BCUT2D eigenvalue weighted by Gasteiger charge is -2.05. The fourth-order valence-corrected chi connectivity index (χ4v) is 1.00. The van der Waals surface area contributed by atoms with E-state index >= 15 is 0 Å². The summed E-state index contributed by atoms with van der Waals surface area (Å²) in [6.45, 7) is 21.3. The lowest BCUT2D eigenvalue weighted by molar-refractivity contribution is 0.445. The number of ether oxygens (including phenoxy) is 1. The standard InChI is InChI=1S/C13H14O.3C2H6/c1-4-6-12(5-2)14-13-9-7-11(3)8-10-13;3*1-2/h4-10H,1-2H2,3H3;3*1-2H3/b12-6+;;;.